The first-order chi connectivity index (χ1) is 9.63. The summed E-state index contributed by atoms with van der Waals surface area (Å²) < 4.78 is 0. The zero-order valence-electron chi connectivity index (χ0n) is 12.8. The van der Waals surface area contributed by atoms with Gasteiger partial charge in [0.25, 0.3) is 0 Å². The fraction of sp³-hybridized carbons (Fsp3) is 0.647. The lowest BCUT2D eigenvalue weighted by molar-refractivity contribution is 0.174. The van der Waals surface area contributed by atoms with E-state index in [9.17, 15) is 5.11 Å². The van der Waals surface area contributed by atoms with Crippen LogP contribution < -0.4 is 5.32 Å². The molecule has 0 radical (unpaired) electrons. The Balaban J connectivity index is 2.27. The molecule has 3 heteroatoms. The highest BCUT2D eigenvalue weighted by molar-refractivity contribution is 5.24. The molecule has 0 heterocycles. The number of hydrogen-bond acceptors (Lipinski definition) is 3. The summed E-state index contributed by atoms with van der Waals surface area (Å²) in [5.74, 6) is 0.659. The van der Waals surface area contributed by atoms with Crippen molar-refractivity contribution in [1.82, 2.24) is 5.32 Å². The second-order valence-corrected chi connectivity index (χ2v) is 5.84. The predicted molar refractivity (Wildman–Crippen MR) is 83.8 cm³/mol. The van der Waals surface area contributed by atoms with Crippen LogP contribution in [0.2, 0.25) is 0 Å². The maximum Gasteiger partial charge on any atom is 0.0914 e. The van der Waals surface area contributed by atoms with E-state index >= 15 is 0 Å². The number of aliphatic hydroxyl groups is 2. The van der Waals surface area contributed by atoms with Crippen molar-refractivity contribution in [2.75, 3.05) is 19.7 Å². The summed E-state index contributed by atoms with van der Waals surface area (Å²) in [7, 11) is 0. The molecule has 0 amide bonds. The van der Waals surface area contributed by atoms with Crippen molar-refractivity contribution in [2.45, 2.75) is 45.6 Å². The summed E-state index contributed by atoms with van der Waals surface area (Å²) in [6, 6.07) is 8.27. The summed E-state index contributed by atoms with van der Waals surface area (Å²) >= 11 is 0. The van der Waals surface area contributed by atoms with Gasteiger partial charge in [0.1, 0.15) is 0 Å². The molecule has 0 saturated heterocycles. The highest BCUT2D eigenvalue weighted by Gasteiger charge is 2.07. The third-order valence-electron chi connectivity index (χ3n) is 3.36. The minimum absolute atomic E-state index is 0.269. The Labute approximate surface area is 123 Å². The van der Waals surface area contributed by atoms with Gasteiger partial charge < -0.3 is 15.5 Å². The Morgan fingerprint density at radius 2 is 1.75 bits per heavy atom. The van der Waals surface area contributed by atoms with E-state index < -0.39 is 6.10 Å². The van der Waals surface area contributed by atoms with Gasteiger partial charge in [-0.25, -0.2) is 0 Å². The average molecular weight is 279 g/mol. The first-order valence-electron chi connectivity index (χ1n) is 7.72. The molecule has 1 aromatic carbocycles. The summed E-state index contributed by atoms with van der Waals surface area (Å²) in [6.07, 6.45) is 3.58. The van der Waals surface area contributed by atoms with E-state index in [2.05, 4.69) is 31.3 Å². The lowest BCUT2D eigenvalue weighted by Gasteiger charge is -2.13. The molecule has 114 valence electrons. The van der Waals surface area contributed by atoms with Gasteiger partial charge in [-0.05, 0) is 49.3 Å². The fourth-order valence-electron chi connectivity index (χ4n) is 2.24. The van der Waals surface area contributed by atoms with E-state index in [1.807, 2.05) is 12.1 Å². The molecule has 1 unspecified atom stereocenters. The van der Waals surface area contributed by atoms with E-state index in [0.717, 1.165) is 37.8 Å². The molecule has 1 atom stereocenters. The minimum atomic E-state index is -0.444. The molecule has 0 saturated carbocycles. The minimum Gasteiger partial charge on any atom is -0.396 e. The van der Waals surface area contributed by atoms with Gasteiger partial charge in [-0.3, -0.25) is 0 Å². The topological polar surface area (TPSA) is 52.5 Å². The normalized spacial score (nSPS) is 12.8. The molecule has 0 spiro atoms. The lowest BCUT2D eigenvalue weighted by atomic mass is 10.0. The second kappa shape index (κ2) is 9.92. The van der Waals surface area contributed by atoms with Gasteiger partial charge in [-0.15, -0.1) is 0 Å². The molecule has 3 N–H and O–H groups in total. The zero-order chi connectivity index (χ0) is 14.8. The van der Waals surface area contributed by atoms with Crippen LogP contribution in [0.5, 0.6) is 0 Å². The molecule has 0 aliphatic carbocycles. The SMILES string of the molecule is CC(C)Cc1ccc(C(O)CNCCCCCO)cc1. The molecular formula is C17H29NO2. The Morgan fingerprint density at radius 1 is 1.05 bits per heavy atom. The molecule has 1 aromatic rings. The maximum atomic E-state index is 10.1. The number of nitrogens with one attached hydrogen (secondary N) is 1. The highest BCUT2D eigenvalue weighted by Crippen LogP contribution is 2.15. The molecular weight excluding hydrogens is 250 g/mol. The van der Waals surface area contributed by atoms with Crippen LogP contribution in [0.25, 0.3) is 0 Å². The van der Waals surface area contributed by atoms with Crippen LogP contribution >= 0.6 is 0 Å². The number of rotatable bonds is 10. The van der Waals surface area contributed by atoms with Crippen molar-refractivity contribution < 1.29 is 10.2 Å². The Morgan fingerprint density at radius 3 is 2.35 bits per heavy atom. The number of hydrogen-bond donors (Lipinski definition) is 3. The van der Waals surface area contributed by atoms with Crippen LogP contribution in [-0.4, -0.2) is 29.9 Å². The van der Waals surface area contributed by atoms with Gasteiger partial charge in [-0.2, -0.15) is 0 Å². The van der Waals surface area contributed by atoms with E-state index in [4.69, 9.17) is 5.11 Å². The third-order valence-corrected chi connectivity index (χ3v) is 3.36. The van der Waals surface area contributed by atoms with Crippen LogP contribution in [0.3, 0.4) is 0 Å². The van der Waals surface area contributed by atoms with E-state index in [1.165, 1.54) is 5.56 Å². The van der Waals surface area contributed by atoms with Crippen LogP contribution in [0.4, 0.5) is 0 Å². The quantitative estimate of drug-likeness (QED) is 0.577. The second-order valence-electron chi connectivity index (χ2n) is 5.84. The van der Waals surface area contributed by atoms with Crippen molar-refractivity contribution in [1.29, 1.82) is 0 Å². The van der Waals surface area contributed by atoms with Gasteiger partial charge in [-0.1, -0.05) is 38.1 Å². The zero-order valence-corrected chi connectivity index (χ0v) is 12.8. The van der Waals surface area contributed by atoms with Gasteiger partial charge in [0.05, 0.1) is 6.10 Å². The van der Waals surface area contributed by atoms with Crippen LogP contribution in [-0.2, 0) is 6.42 Å². The fourth-order valence-corrected chi connectivity index (χ4v) is 2.24. The monoisotopic (exact) mass is 279 g/mol. The summed E-state index contributed by atoms with van der Waals surface area (Å²) in [5.41, 5.74) is 2.30. The number of unbranched alkanes of at least 4 members (excludes halogenated alkanes) is 2. The molecule has 20 heavy (non-hydrogen) atoms. The molecule has 0 aromatic heterocycles. The van der Waals surface area contributed by atoms with Crippen molar-refractivity contribution in [2.24, 2.45) is 5.92 Å². The average Bonchev–Trinajstić information content (AvgIpc) is 2.42. The molecule has 3 nitrogen and oxygen atoms in total. The van der Waals surface area contributed by atoms with E-state index in [1.54, 1.807) is 0 Å². The molecule has 0 bridgehead atoms. The molecule has 0 aliphatic rings. The summed E-state index contributed by atoms with van der Waals surface area (Å²) in [5, 5.41) is 22.0. The van der Waals surface area contributed by atoms with Gasteiger partial charge >= 0.3 is 0 Å². The van der Waals surface area contributed by atoms with Crippen molar-refractivity contribution in [3.8, 4) is 0 Å². The third kappa shape index (κ3) is 7.04. The highest BCUT2D eigenvalue weighted by atomic mass is 16.3. The van der Waals surface area contributed by atoms with Gasteiger partial charge in [0.15, 0.2) is 0 Å². The number of aliphatic hydroxyl groups excluding tert-OH is 2. The van der Waals surface area contributed by atoms with Gasteiger partial charge in [0.2, 0.25) is 0 Å². The first-order valence-corrected chi connectivity index (χ1v) is 7.72. The van der Waals surface area contributed by atoms with Crippen LogP contribution in [0.1, 0.15) is 50.3 Å². The standard InChI is InChI=1S/C17H29NO2/c1-14(2)12-15-6-8-16(9-7-15)17(20)13-18-10-4-3-5-11-19/h6-9,14,17-20H,3-5,10-13H2,1-2H3. The maximum absolute atomic E-state index is 10.1. The van der Waals surface area contributed by atoms with E-state index in [-0.39, 0.29) is 6.61 Å². The van der Waals surface area contributed by atoms with Crippen molar-refractivity contribution in [3.63, 3.8) is 0 Å². The van der Waals surface area contributed by atoms with Crippen LogP contribution in [0, 0.1) is 5.92 Å². The Hall–Kier alpha value is -0.900. The predicted octanol–water partition coefficient (Wildman–Crippen LogP) is 2.67. The molecule has 0 fully saturated rings. The van der Waals surface area contributed by atoms with Crippen molar-refractivity contribution in [3.05, 3.63) is 35.4 Å². The Bertz CT molecular complexity index is 349. The molecule has 1 rings (SSSR count). The first kappa shape index (κ1) is 17.2. The van der Waals surface area contributed by atoms with E-state index in [0.29, 0.717) is 12.5 Å². The largest absolute Gasteiger partial charge is 0.396 e. The smallest absolute Gasteiger partial charge is 0.0914 e. The number of benzene rings is 1. The van der Waals surface area contributed by atoms with Crippen molar-refractivity contribution >= 4 is 0 Å². The van der Waals surface area contributed by atoms with Crippen LogP contribution in [0.15, 0.2) is 24.3 Å². The summed E-state index contributed by atoms with van der Waals surface area (Å²) in [6.45, 7) is 6.17. The Kier molecular flexibility index (Phi) is 8.51. The lowest BCUT2D eigenvalue weighted by Crippen LogP contribution is -2.22. The van der Waals surface area contributed by atoms with Gasteiger partial charge in [0, 0.05) is 13.2 Å². The molecule has 0 aliphatic heterocycles. The summed E-state index contributed by atoms with van der Waals surface area (Å²) in [4.78, 5) is 0.